The molecule has 0 radical (unpaired) electrons. The van der Waals surface area contributed by atoms with E-state index in [9.17, 15) is 5.26 Å². The highest BCUT2D eigenvalue weighted by Crippen LogP contribution is 2.23. The van der Waals surface area contributed by atoms with Gasteiger partial charge in [0, 0.05) is 37.9 Å². The van der Waals surface area contributed by atoms with Gasteiger partial charge in [-0.15, -0.1) is 0 Å². The Morgan fingerprint density at radius 1 is 1.07 bits per heavy atom. The fraction of sp³-hybridized carbons (Fsp3) is 0.360. The highest BCUT2D eigenvalue weighted by atomic mass is 15.1. The predicted molar refractivity (Wildman–Crippen MR) is 115 cm³/mol. The first kappa shape index (κ1) is 19.4. The Labute approximate surface area is 173 Å². The molecule has 4 heteroatoms. The van der Waals surface area contributed by atoms with E-state index in [0.717, 1.165) is 43.7 Å². The molecule has 1 aliphatic heterocycles. The molecule has 2 heterocycles. The number of imidazole rings is 1. The molecule has 4 nitrogen and oxygen atoms in total. The van der Waals surface area contributed by atoms with Gasteiger partial charge < -0.3 is 4.57 Å². The van der Waals surface area contributed by atoms with E-state index in [1.807, 2.05) is 24.4 Å². The van der Waals surface area contributed by atoms with Gasteiger partial charge in [0.15, 0.2) is 0 Å². The van der Waals surface area contributed by atoms with Crippen molar-refractivity contribution in [3.8, 4) is 6.07 Å². The lowest BCUT2D eigenvalue weighted by atomic mass is 9.93. The SMILES string of the molecule is Cc1cnc(CC2CCCN(Cc3ccccc3C#N)C2)n1Cc1ccccc1. The second-order valence-corrected chi connectivity index (χ2v) is 8.10. The number of hydrogen-bond donors (Lipinski definition) is 0. The summed E-state index contributed by atoms with van der Waals surface area (Å²) in [6.45, 7) is 6.06. The van der Waals surface area contributed by atoms with Gasteiger partial charge in [-0.25, -0.2) is 4.98 Å². The number of rotatable bonds is 6. The fourth-order valence-electron chi connectivity index (χ4n) is 4.38. The minimum Gasteiger partial charge on any atom is -0.328 e. The lowest BCUT2D eigenvalue weighted by Gasteiger charge is -2.33. The molecule has 3 aromatic rings. The third-order valence-electron chi connectivity index (χ3n) is 5.93. The van der Waals surface area contributed by atoms with Gasteiger partial charge in [-0.05, 0) is 49.4 Å². The summed E-state index contributed by atoms with van der Waals surface area (Å²) >= 11 is 0. The average Bonchev–Trinajstić information content (AvgIpc) is 3.09. The maximum atomic E-state index is 9.37. The van der Waals surface area contributed by atoms with E-state index in [-0.39, 0.29) is 0 Å². The topological polar surface area (TPSA) is 44.9 Å². The first-order valence-electron chi connectivity index (χ1n) is 10.5. The Morgan fingerprint density at radius 3 is 2.69 bits per heavy atom. The molecule has 0 amide bonds. The molecule has 148 valence electrons. The van der Waals surface area contributed by atoms with Crippen LogP contribution in [-0.2, 0) is 19.5 Å². The molecule has 2 aromatic carbocycles. The van der Waals surface area contributed by atoms with Crippen molar-refractivity contribution >= 4 is 0 Å². The minimum atomic E-state index is 0.606. The zero-order chi connectivity index (χ0) is 20.1. The van der Waals surface area contributed by atoms with E-state index in [2.05, 4.69) is 58.9 Å². The van der Waals surface area contributed by atoms with Gasteiger partial charge in [-0.3, -0.25) is 4.90 Å². The number of aromatic nitrogens is 2. The average molecular weight is 385 g/mol. The van der Waals surface area contributed by atoms with Crippen molar-refractivity contribution in [2.24, 2.45) is 5.92 Å². The second-order valence-electron chi connectivity index (χ2n) is 8.10. The van der Waals surface area contributed by atoms with Crippen molar-refractivity contribution < 1.29 is 0 Å². The van der Waals surface area contributed by atoms with E-state index in [1.165, 1.54) is 29.9 Å². The molecule has 0 bridgehead atoms. The molecule has 0 N–H and O–H groups in total. The summed E-state index contributed by atoms with van der Waals surface area (Å²) in [6, 6.07) is 20.9. The van der Waals surface area contributed by atoms with Crippen molar-refractivity contribution in [3.63, 3.8) is 0 Å². The number of nitriles is 1. The number of piperidine rings is 1. The number of aryl methyl sites for hydroxylation is 1. The van der Waals surface area contributed by atoms with Gasteiger partial charge in [0.2, 0.25) is 0 Å². The third kappa shape index (κ3) is 4.75. The molecule has 0 spiro atoms. The van der Waals surface area contributed by atoms with E-state index >= 15 is 0 Å². The summed E-state index contributed by atoms with van der Waals surface area (Å²) in [6.07, 6.45) is 5.46. The Morgan fingerprint density at radius 2 is 1.86 bits per heavy atom. The minimum absolute atomic E-state index is 0.606. The predicted octanol–water partition coefficient (Wildman–Crippen LogP) is 4.57. The maximum absolute atomic E-state index is 9.37. The normalized spacial score (nSPS) is 17.2. The summed E-state index contributed by atoms with van der Waals surface area (Å²) in [7, 11) is 0. The molecule has 29 heavy (non-hydrogen) atoms. The summed E-state index contributed by atoms with van der Waals surface area (Å²) in [5.74, 6) is 1.80. The largest absolute Gasteiger partial charge is 0.328 e. The smallest absolute Gasteiger partial charge is 0.109 e. The molecule has 1 aromatic heterocycles. The van der Waals surface area contributed by atoms with E-state index < -0.39 is 0 Å². The van der Waals surface area contributed by atoms with Crippen LogP contribution in [0.2, 0.25) is 0 Å². The molecule has 4 rings (SSSR count). The first-order chi connectivity index (χ1) is 14.2. The Balaban J connectivity index is 1.43. The van der Waals surface area contributed by atoms with Gasteiger partial charge in [0.05, 0.1) is 11.6 Å². The summed E-state index contributed by atoms with van der Waals surface area (Å²) in [4.78, 5) is 7.25. The van der Waals surface area contributed by atoms with Crippen molar-refractivity contribution in [2.75, 3.05) is 13.1 Å². The zero-order valence-corrected chi connectivity index (χ0v) is 17.1. The van der Waals surface area contributed by atoms with Crippen LogP contribution < -0.4 is 0 Å². The first-order valence-corrected chi connectivity index (χ1v) is 10.5. The van der Waals surface area contributed by atoms with E-state index in [1.54, 1.807) is 0 Å². The van der Waals surface area contributed by atoms with Crippen molar-refractivity contribution in [3.05, 3.63) is 89.0 Å². The van der Waals surface area contributed by atoms with Crippen LogP contribution in [0.5, 0.6) is 0 Å². The molecule has 0 aliphatic carbocycles. The molecule has 1 atom stereocenters. The Kier molecular flexibility index (Phi) is 6.07. The van der Waals surface area contributed by atoms with Gasteiger partial charge in [-0.1, -0.05) is 48.5 Å². The van der Waals surface area contributed by atoms with E-state index in [4.69, 9.17) is 4.98 Å². The van der Waals surface area contributed by atoms with Crippen LogP contribution in [0.25, 0.3) is 0 Å². The molecular weight excluding hydrogens is 356 g/mol. The number of nitrogens with zero attached hydrogens (tertiary/aromatic N) is 4. The molecular formula is C25H28N4. The van der Waals surface area contributed by atoms with Gasteiger partial charge >= 0.3 is 0 Å². The standard InChI is InChI=1S/C25H28N4/c1-20-16-27-25(29(20)18-21-8-3-2-4-9-21)14-22-10-7-13-28(17-22)19-24-12-6-5-11-23(24)15-26/h2-6,8-9,11-12,16,22H,7,10,13-14,17-19H2,1H3. The van der Waals surface area contributed by atoms with Crippen molar-refractivity contribution in [1.29, 1.82) is 5.26 Å². The molecule has 1 saturated heterocycles. The highest BCUT2D eigenvalue weighted by molar-refractivity contribution is 5.37. The Bertz CT molecular complexity index is 984. The van der Waals surface area contributed by atoms with E-state index in [0.29, 0.717) is 5.92 Å². The molecule has 1 unspecified atom stereocenters. The quantitative estimate of drug-likeness (QED) is 0.625. The zero-order valence-electron chi connectivity index (χ0n) is 17.1. The van der Waals surface area contributed by atoms with Crippen molar-refractivity contribution in [1.82, 2.24) is 14.5 Å². The summed E-state index contributed by atoms with van der Waals surface area (Å²) in [5.41, 5.74) is 4.47. The monoisotopic (exact) mass is 384 g/mol. The van der Waals surface area contributed by atoms with Crippen LogP contribution in [0.4, 0.5) is 0 Å². The number of benzene rings is 2. The second kappa shape index (κ2) is 9.07. The van der Waals surface area contributed by atoms with Crippen molar-refractivity contribution in [2.45, 2.75) is 39.3 Å². The number of hydrogen-bond acceptors (Lipinski definition) is 3. The van der Waals surface area contributed by atoms with Crippen LogP contribution in [0, 0.1) is 24.2 Å². The molecule has 0 saturated carbocycles. The maximum Gasteiger partial charge on any atom is 0.109 e. The number of likely N-dealkylation sites (tertiary alicyclic amines) is 1. The lowest BCUT2D eigenvalue weighted by molar-refractivity contribution is 0.165. The van der Waals surface area contributed by atoms with Crippen LogP contribution in [-0.4, -0.2) is 27.5 Å². The lowest BCUT2D eigenvalue weighted by Crippen LogP contribution is -2.36. The van der Waals surface area contributed by atoms with Gasteiger partial charge in [0.1, 0.15) is 5.82 Å². The summed E-state index contributed by atoms with van der Waals surface area (Å²) in [5, 5.41) is 9.37. The fourth-order valence-corrected chi connectivity index (χ4v) is 4.38. The Hall–Kier alpha value is -2.90. The van der Waals surface area contributed by atoms with Gasteiger partial charge in [-0.2, -0.15) is 5.26 Å². The van der Waals surface area contributed by atoms with Crippen LogP contribution in [0.15, 0.2) is 60.8 Å². The molecule has 1 aliphatic rings. The highest BCUT2D eigenvalue weighted by Gasteiger charge is 2.23. The summed E-state index contributed by atoms with van der Waals surface area (Å²) < 4.78 is 2.36. The van der Waals surface area contributed by atoms with Crippen LogP contribution in [0.1, 0.15) is 41.1 Å². The van der Waals surface area contributed by atoms with Crippen LogP contribution in [0.3, 0.4) is 0 Å². The van der Waals surface area contributed by atoms with Crippen LogP contribution >= 0.6 is 0 Å². The molecule has 1 fully saturated rings. The third-order valence-corrected chi connectivity index (χ3v) is 5.93. The van der Waals surface area contributed by atoms with Gasteiger partial charge in [0.25, 0.3) is 0 Å².